The molecule has 0 aromatic heterocycles. The summed E-state index contributed by atoms with van der Waals surface area (Å²) in [5, 5.41) is 15.0. The molecule has 110 valence electrons. The Morgan fingerprint density at radius 2 is 2.30 bits per heavy atom. The quantitative estimate of drug-likeness (QED) is 0.767. The second kappa shape index (κ2) is 5.71. The summed E-state index contributed by atoms with van der Waals surface area (Å²) in [5.74, 6) is 0.0377. The van der Waals surface area contributed by atoms with Gasteiger partial charge in [-0.05, 0) is 44.9 Å². The average molecular weight is 278 g/mol. The second-order valence-corrected chi connectivity index (χ2v) is 5.93. The first-order chi connectivity index (χ1) is 9.35. The van der Waals surface area contributed by atoms with Gasteiger partial charge in [0.05, 0.1) is 18.8 Å². The number of nitrogens with one attached hydrogen (secondary N) is 2. The van der Waals surface area contributed by atoms with Gasteiger partial charge < -0.3 is 20.5 Å². The van der Waals surface area contributed by atoms with Crippen molar-refractivity contribution in [3.8, 4) is 5.75 Å². The van der Waals surface area contributed by atoms with Gasteiger partial charge >= 0.3 is 5.97 Å². The van der Waals surface area contributed by atoms with Crippen LogP contribution >= 0.6 is 0 Å². The fourth-order valence-corrected chi connectivity index (χ4v) is 2.26. The van der Waals surface area contributed by atoms with Crippen LogP contribution in [0.1, 0.15) is 26.3 Å². The molecule has 0 bridgehead atoms. The molecule has 5 heteroatoms. The highest BCUT2D eigenvalue weighted by Crippen LogP contribution is 2.33. The SMILES string of the molecule is CC(Cc1ccc2c(c1)NCC(C)(C)O2)NCC(=O)O. The minimum Gasteiger partial charge on any atom is -0.484 e. The Bertz CT molecular complexity index is 500. The van der Waals surface area contributed by atoms with Crippen molar-refractivity contribution in [2.75, 3.05) is 18.4 Å². The molecule has 1 aromatic carbocycles. The van der Waals surface area contributed by atoms with Crippen LogP contribution in [-0.2, 0) is 11.2 Å². The Morgan fingerprint density at radius 3 is 3.00 bits per heavy atom. The van der Waals surface area contributed by atoms with Crippen molar-refractivity contribution < 1.29 is 14.6 Å². The van der Waals surface area contributed by atoms with Crippen LogP contribution in [0, 0.1) is 0 Å². The Morgan fingerprint density at radius 1 is 1.55 bits per heavy atom. The van der Waals surface area contributed by atoms with Crippen molar-refractivity contribution in [1.82, 2.24) is 5.32 Å². The molecule has 0 radical (unpaired) electrons. The minimum atomic E-state index is -0.834. The van der Waals surface area contributed by atoms with E-state index < -0.39 is 5.97 Å². The van der Waals surface area contributed by atoms with E-state index in [1.807, 2.05) is 19.1 Å². The van der Waals surface area contributed by atoms with Crippen LogP contribution in [0.25, 0.3) is 0 Å². The Hall–Kier alpha value is -1.75. The molecule has 0 fully saturated rings. The number of carboxylic acids is 1. The van der Waals surface area contributed by atoms with Crippen LogP contribution in [-0.4, -0.2) is 35.8 Å². The molecule has 5 nitrogen and oxygen atoms in total. The van der Waals surface area contributed by atoms with Gasteiger partial charge in [-0.1, -0.05) is 6.07 Å². The summed E-state index contributed by atoms with van der Waals surface area (Å²) in [6, 6.07) is 6.19. The molecule has 1 unspecified atom stereocenters. The van der Waals surface area contributed by atoms with Crippen molar-refractivity contribution in [1.29, 1.82) is 0 Å². The monoisotopic (exact) mass is 278 g/mol. The standard InChI is InChI=1S/C15H22N2O3/c1-10(16-8-14(18)19)6-11-4-5-13-12(7-11)17-9-15(2,3)20-13/h4-5,7,10,16-17H,6,8-9H2,1-3H3,(H,18,19). The number of carbonyl (C=O) groups is 1. The van der Waals surface area contributed by atoms with Gasteiger partial charge in [-0.2, -0.15) is 0 Å². The van der Waals surface area contributed by atoms with Crippen LogP contribution in [0.2, 0.25) is 0 Å². The number of hydrogen-bond donors (Lipinski definition) is 3. The molecular formula is C15H22N2O3. The fraction of sp³-hybridized carbons (Fsp3) is 0.533. The summed E-state index contributed by atoms with van der Waals surface area (Å²) in [6.07, 6.45) is 0.783. The molecule has 1 atom stereocenters. The lowest BCUT2D eigenvalue weighted by atomic mass is 10.0. The Kier molecular flexibility index (Phi) is 4.18. The lowest BCUT2D eigenvalue weighted by Gasteiger charge is -2.33. The van der Waals surface area contributed by atoms with Crippen molar-refractivity contribution in [3.63, 3.8) is 0 Å². The number of anilines is 1. The maximum atomic E-state index is 10.5. The number of rotatable bonds is 5. The molecule has 1 aliphatic rings. The first-order valence-corrected chi connectivity index (χ1v) is 6.87. The smallest absolute Gasteiger partial charge is 0.317 e. The van der Waals surface area contributed by atoms with Crippen molar-refractivity contribution in [2.24, 2.45) is 0 Å². The van der Waals surface area contributed by atoms with Gasteiger partial charge in [0.1, 0.15) is 11.4 Å². The third-order valence-corrected chi connectivity index (χ3v) is 3.28. The van der Waals surface area contributed by atoms with Crippen molar-refractivity contribution >= 4 is 11.7 Å². The molecule has 0 saturated heterocycles. The van der Waals surface area contributed by atoms with E-state index in [-0.39, 0.29) is 18.2 Å². The molecule has 1 heterocycles. The molecule has 1 aromatic rings. The van der Waals surface area contributed by atoms with Crippen LogP contribution in [0.5, 0.6) is 5.75 Å². The summed E-state index contributed by atoms with van der Waals surface area (Å²) in [4.78, 5) is 10.5. The van der Waals surface area contributed by atoms with E-state index >= 15 is 0 Å². The Balaban J connectivity index is 1.99. The van der Waals surface area contributed by atoms with Gasteiger partial charge in [0, 0.05) is 6.04 Å². The van der Waals surface area contributed by atoms with Crippen LogP contribution in [0.4, 0.5) is 5.69 Å². The molecule has 0 spiro atoms. The molecule has 2 rings (SSSR count). The highest BCUT2D eigenvalue weighted by Gasteiger charge is 2.26. The maximum Gasteiger partial charge on any atom is 0.317 e. The fourth-order valence-electron chi connectivity index (χ4n) is 2.26. The molecule has 20 heavy (non-hydrogen) atoms. The zero-order valence-corrected chi connectivity index (χ0v) is 12.2. The predicted octanol–water partition coefficient (Wildman–Crippen LogP) is 1.87. The molecule has 1 aliphatic heterocycles. The first kappa shape index (κ1) is 14.7. The molecule has 0 aliphatic carbocycles. The largest absolute Gasteiger partial charge is 0.484 e. The summed E-state index contributed by atoms with van der Waals surface area (Å²) < 4.78 is 5.90. The van der Waals surface area contributed by atoms with Crippen molar-refractivity contribution in [3.05, 3.63) is 23.8 Å². The highest BCUT2D eigenvalue weighted by atomic mass is 16.5. The number of fused-ring (bicyclic) bond motifs is 1. The topological polar surface area (TPSA) is 70.6 Å². The highest BCUT2D eigenvalue weighted by molar-refractivity contribution is 5.69. The van der Waals surface area contributed by atoms with E-state index in [2.05, 4.69) is 30.5 Å². The zero-order valence-electron chi connectivity index (χ0n) is 12.2. The Labute approximate surface area is 119 Å². The average Bonchev–Trinajstić information content (AvgIpc) is 2.36. The molecule has 0 saturated carbocycles. The van der Waals surface area contributed by atoms with Crippen LogP contribution < -0.4 is 15.4 Å². The van der Waals surface area contributed by atoms with Gasteiger partial charge in [0.2, 0.25) is 0 Å². The summed E-state index contributed by atoms with van der Waals surface area (Å²) in [5.41, 5.74) is 1.97. The number of carboxylic acid groups (broad SMARTS) is 1. The van der Waals surface area contributed by atoms with Crippen LogP contribution in [0.15, 0.2) is 18.2 Å². The predicted molar refractivity (Wildman–Crippen MR) is 78.4 cm³/mol. The van der Waals surface area contributed by atoms with Crippen molar-refractivity contribution in [2.45, 2.75) is 38.8 Å². The summed E-state index contributed by atoms with van der Waals surface area (Å²) >= 11 is 0. The van der Waals surface area contributed by atoms with E-state index in [0.29, 0.717) is 0 Å². The molecule has 3 N–H and O–H groups in total. The van der Waals surface area contributed by atoms with E-state index in [1.165, 1.54) is 0 Å². The summed E-state index contributed by atoms with van der Waals surface area (Å²) in [7, 11) is 0. The lowest BCUT2D eigenvalue weighted by molar-refractivity contribution is -0.136. The minimum absolute atomic E-state index is 0.0122. The maximum absolute atomic E-state index is 10.5. The van der Waals surface area contributed by atoms with Crippen LogP contribution in [0.3, 0.4) is 0 Å². The number of ether oxygens (including phenoxy) is 1. The number of benzene rings is 1. The van der Waals surface area contributed by atoms with E-state index in [0.717, 1.165) is 30.0 Å². The van der Waals surface area contributed by atoms with Gasteiger partial charge in [-0.3, -0.25) is 4.79 Å². The number of hydrogen-bond acceptors (Lipinski definition) is 4. The second-order valence-electron chi connectivity index (χ2n) is 5.93. The lowest BCUT2D eigenvalue weighted by Crippen LogP contribution is -2.40. The third-order valence-electron chi connectivity index (χ3n) is 3.28. The summed E-state index contributed by atoms with van der Waals surface area (Å²) in [6.45, 7) is 6.84. The first-order valence-electron chi connectivity index (χ1n) is 6.87. The van der Waals surface area contributed by atoms with Gasteiger partial charge in [-0.15, -0.1) is 0 Å². The van der Waals surface area contributed by atoms with Gasteiger partial charge in [-0.25, -0.2) is 0 Å². The normalized spacial score (nSPS) is 17.6. The number of aliphatic carboxylic acids is 1. The molecule has 0 amide bonds. The zero-order chi connectivity index (χ0) is 14.8. The third kappa shape index (κ3) is 3.87. The van der Waals surface area contributed by atoms with Gasteiger partial charge in [0.25, 0.3) is 0 Å². The van der Waals surface area contributed by atoms with Gasteiger partial charge in [0.15, 0.2) is 0 Å². The molecular weight excluding hydrogens is 256 g/mol. The van der Waals surface area contributed by atoms with E-state index in [1.54, 1.807) is 0 Å². The van der Waals surface area contributed by atoms with E-state index in [9.17, 15) is 4.79 Å². The van der Waals surface area contributed by atoms with E-state index in [4.69, 9.17) is 9.84 Å².